The topological polar surface area (TPSA) is 441 Å². The van der Waals surface area contributed by atoms with Crippen LogP contribution in [0.4, 0.5) is 0 Å². The van der Waals surface area contributed by atoms with Gasteiger partial charge in [-0.1, -0.05) is 13.8 Å². The molecule has 25 nitrogen and oxygen atoms in total. The molecule has 25 heteroatoms. The number of aliphatic hydroxyl groups excluding tert-OH is 2. The summed E-state index contributed by atoms with van der Waals surface area (Å²) in [6, 6.07) is -9.96. The van der Waals surface area contributed by atoms with Gasteiger partial charge in [0, 0.05) is 13.0 Å². The van der Waals surface area contributed by atoms with Gasteiger partial charge < -0.3 is 81.2 Å². The summed E-state index contributed by atoms with van der Waals surface area (Å²) in [6.07, 6.45) is -1.02. The molecule has 0 saturated heterocycles. The van der Waals surface area contributed by atoms with Crippen LogP contribution in [-0.4, -0.2) is 149 Å². The highest BCUT2D eigenvalue weighted by atomic mass is 16.4. The van der Waals surface area contributed by atoms with E-state index in [0.29, 0.717) is 12.8 Å². The van der Waals surface area contributed by atoms with E-state index < -0.39 is 115 Å². The van der Waals surface area contributed by atoms with Gasteiger partial charge in [0.15, 0.2) is 12.0 Å². The fraction of sp³-hybridized carbons (Fsp3) is 0.714. The average Bonchev–Trinajstić information content (AvgIpc) is 3.16. The first kappa shape index (κ1) is 54.3. The Hall–Kier alpha value is -5.66. The first-order valence-electron chi connectivity index (χ1n) is 19.4. The van der Waals surface area contributed by atoms with Gasteiger partial charge in [0.1, 0.15) is 36.3 Å². The van der Waals surface area contributed by atoms with Gasteiger partial charge >= 0.3 is 5.97 Å². The van der Waals surface area contributed by atoms with Gasteiger partial charge in [0.25, 0.3) is 0 Å². The summed E-state index contributed by atoms with van der Waals surface area (Å²) >= 11 is 0. The van der Waals surface area contributed by atoms with Gasteiger partial charge in [0.05, 0.1) is 19.3 Å². The fourth-order valence-electron chi connectivity index (χ4n) is 5.38. The number of aliphatic hydroxyl groups is 2. The van der Waals surface area contributed by atoms with Crippen molar-refractivity contribution >= 4 is 59.2 Å². The zero-order chi connectivity index (χ0) is 46.1. The Balaban J connectivity index is 6.28. The molecule has 0 aliphatic carbocycles. The molecular formula is C35H65N13O12. The number of aliphatic imine (C=N–C) groups is 1. The van der Waals surface area contributed by atoms with Crippen molar-refractivity contribution in [2.45, 2.75) is 127 Å². The highest BCUT2D eigenvalue weighted by molar-refractivity contribution is 5.97. The van der Waals surface area contributed by atoms with Gasteiger partial charge in [-0.05, 0) is 71.3 Å². The first-order valence-corrected chi connectivity index (χ1v) is 19.4. The van der Waals surface area contributed by atoms with Crippen LogP contribution < -0.4 is 65.9 Å². The fourth-order valence-corrected chi connectivity index (χ4v) is 5.38. The highest BCUT2D eigenvalue weighted by Gasteiger charge is 2.34. The van der Waals surface area contributed by atoms with Gasteiger partial charge in [-0.2, -0.15) is 0 Å². The lowest BCUT2D eigenvalue weighted by Gasteiger charge is -2.27. The maximum absolute atomic E-state index is 13.8. The van der Waals surface area contributed by atoms with Crippen molar-refractivity contribution in [2.75, 3.05) is 26.2 Å². The minimum Gasteiger partial charge on any atom is -0.480 e. The smallest absolute Gasteiger partial charge is 0.328 e. The largest absolute Gasteiger partial charge is 0.480 e. The van der Waals surface area contributed by atoms with Crippen molar-refractivity contribution < 1.29 is 58.5 Å². The Kier molecular flexibility index (Phi) is 26.0. The van der Waals surface area contributed by atoms with Crippen LogP contribution in [0.5, 0.6) is 0 Å². The SMILES string of the molecule is CC(C)C[C@H](NC(=O)[C@H](CCCCN)NC(=O)[C@H](CCCN=C(N)N)NC(=O)[C@H](CCC(N)=O)NC(=O)CN)C(=O)N[C@@H](C)C(=O)N[C@@H](CO)C(=O)N[C@H](C(=O)O)[C@@H](C)O. The summed E-state index contributed by atoms with van der Waals surface area (Å²) < 4.78 is 0. The zero-order valence-corrected chi connectivity index (χ0v) is 34.5. The number of guanidine groups is 1. The lowest BCUT2D eigenvalue weighted by Crippen LogP contribution is -2.60. The molecule has 342 valence electrons. The van der Waals surface area contributed by atoms with Crippen molar-refractivity contribution in [1.29, 1.82) is 0 Å². The monoisotopic (exact) mass is 859 g/mol. The maximum atomic E-state index is 13.8. The Morgan fingerprint density at radius 3 is 1.53 bits per heavy atom. The molecule has 20 N–H and O–H groups in total. The molecule has 0 heterocycles. The molecule has 0 saturated carbocycles. The van der Waals surface area contributed by atoms with Crippen molar-refractivity contribution in [2.24, 2.45) is 39.6 Å². The number of aliphatic carboxylic acids is 1. The van der Waals surface area contributed by atoms with Gasteiger partial charge in [-0.3, -0.25) is 43.3 Å². The normalized spacial score (nSPS) is 14.9. The molecule has 0 aromatic rings. The summed E-state index contributed by atoms with van der Waals surface area (Å²) in [4.78, 5) is 119. The van der Waals surface area contributed by atoms with E-state index in [2.05, 4.69) is 36.9 Å². The van der Waals surface area contributed by atoms with Crippen molar-refractivity contribution in [1.82, 2.24) is 37.2 Å². The number of hydrogen-bond donors (Lipinski definition) is 15. The van der Waals surface area contributed by atoms with Crippen molar-refractivity contribution in [3.63, 3.8) is 0 Å². The van der Waals surface area contributed by atoms with E-state index in [4.69, 9.17) is 28.7 Å². The molecule has 0 unspecified atom stereocenters. The summed E-state index contributed by atoms with van der Waals surface area (Å²) in [6.45, 7) is 4.75. The third-order valence-corrected chi connectivity index (χ3v) is 8.63. The molecule has 0 radical (unpaired) electrons. The van der Waals surface area contributed by atoms with E-state index in [-0.39, 0.29) is 63.5 Å². The van der Waals surface area contributed by atoms with Crippen LogP contribution in [-0.2, 0) is 43.2 Å². The summed E-state index contributed by atoms with van der Waals surface area (Å²) in [5.74, 6) is -8.86. The molecule has 0 aromatic heterocycles. The molecule has 0 bridgehead atoms. The van der Waals surface area contributed by atoms with Gasteiger partial charge in [0.2, 0.25) is 47.3 Å². The van der Waals surface area contributed by atoms with E-state index >= 15 is 0 Å². The number of nitrogens with two attached hydrogens (primary N) is 5. The van der Waals surface area contributed by atoms with Crippen molar-refractivity contribution in [3.05, 3.63) is 0 Å². The molecule has 0 spiro atoms. The minimum absolute atomic E-state index is 0.0362. The molecule has 0 aliphatic heterocycles. The number of nitrogens with zero attached hydrogens (tertiary/aromatic N) is 1. The van der Waals surface area contributed by atoms with Crippen LogP contribution in [0.15, 0.2) is 4.99 Å². The second-order valence-electron chi connectivity index (χ2n) is 14.4. The number of amides is 8. The Bertz CT molecular complexity index is 1490. The number of nitrogens with one attached hydrogen (secondary N) is 7. The van der Waals surface area contributed by atoms with Crippen LogP contribution in [0.2, 0.25) is 0 Å². The van der Waals surface area contributed by atoms with Crippen LogP contribution in [0, 0.1) is 5.92 Å². The molecule has 60 heavy (non-hydrogen) atoms. The number of unbranched alkanes of at least 4 members (excludes halogenated alkanes) is 1. The third kappa shape index (κ3) is 21.9. The zero-order valence-electron chi connectivity index (χ0n) is 34.5. The summed E-state index contributed by atoms with van der Waals surface area (Å²) in [7, 11) is 0. The van der Waals surface area contributed by atoms with Gasteiger partial charge in [-0.15, -0.1) is 0 Å². The van der Waals surface area contributed by atoms with Crippen LogP contribution >= 0.6 is 0 Å². The predicted octanol–water partition coefficient (Wildman–Crippen LogP) is -6.69. The van der Waals surface area contributed by atoms with Crippen LogP contribution in [0.1, 0.15) is 79.1 Å². The number of carboxylic acid groups (broad SMARTS) is 1. The standard InChI is InChI=1S/C35H65N13O12/c1-17(2)14-23(32(57)42-18(3)28(53)47-24(16-49)33(58)48-27(19(4)50)34(59)60)46-30(55)20(8-5-6-12-36)44-29(54)21(9-7-13-41-35(39)40)45-31(56)22(10-11-25(38)51)43-26(52)15-37/h17-24,27,49-50H,5-16,36-37H2,1-4H3,(H2,38,51)(H,42,57)(H,43,52)(H,44,54)(H,45,56)(H,46,55)(H,47,53)(H,48,58)(H,59,60)(H4,39,40,41)/t18-,19+,20-,21-,22-,23-,24-,27-/m0/s1. The number of carbonyl (C=O) groups is 9. The average molecular weight is 860 g/mol. The minimum atomic E-state index is -1.74. The van der Waals surface area contributed by atoms with E-state index in [1.165, 1.54) is 6.92 Å². The lowest BCUT2D eigenvalue weighted by molar-refractivity contribution is -0.145. The van der Waals surface area contributed by atoms with E-state index in [1.807, 2.05) is 5.32 Å². The maximum Gasteiger partial charge on any atom is 0.328 e. The molecule has 8 atom stereocenters. The number of carbonyl (C=O) groups excluding carboxylic acids is 8. The molecular weight excluding hydrogens is 794 g/mol. The third-order valence-electron chi connectivity index (χ3n) is 8.63. The van der Waals surface area contributed by atoms with E-state index in [0.717, 1.165) is 6.92 Å². The highest BCUT2D eigenvalue weighted by Crippen LogP contribution is 2.10. The van der Waals surface area contributed by atoms with Gasteiger partial charge in [-0.25, -0.2) is 4.79 Å². The van der Waals surface area contributed by atoms with Crippen molar-refractivity contribution in [3.8, 4) is 0 Å². The quantitative estimate of drug-likeness (QED) is 0.0181. The Labute approximate surface area is 347 Å². The number of rotatable bonds is 30. The number of primary amides is 1. The number of hydrogen-bond acceptors (Lipinski definition) is 14. The predicted molar refractivity (Wildman–Crippen MR) is 215 cm³/mol. The molecule has 8 amide bonds. The summed E-state index contributed by atoms with van der Waals surface area (Å²) in [5, 5.41) is 45.3. The Morgan fingerprint density at radius 1 is 0.600 bits per heavy atom. The second-order valence-corrected chi connectivity index (χ2v) is 14.4. The summed E-state index contributed by atoms with van der Waals surface area (Å²) in [5.41, 5.74) is 27.1. The molecule has 0 aliphatic rings. The van der Waals surface area contributed by atoms with E-state index in [1.54, 1.807) is 13.8 Å². The second kappa shape index (κ2) is 28.7. The lowest BCUT2D eigenvalue weighted by atomic mass is 10.0. The molecule has 0 aromatic carbocycles. The first-order chi connectivity index (χ1) is 28.1. The van der Waals surface area contributed by atoms with Crippen LogP contribution in [0.3, 0.4) is 0 Å². The Morgan fingerprint density at radius 2 is 1.08 bits per heavy atom. The van der Waals surface area contributed by atoms with Crippen LogP contribution in [0.25, 0.3) is 0 Å². The molecule has 0 rings (SSSR count). The number of carboxylic acids is 1. The molecule has 0 fully saturated rings. The van der Waals surface area contributed by atoms with E-state index in [9.17, 15) is 58.5 Å².